The molecular formula is C41H45IrN3OSi-2. The smallest absolute Gasteiger partial charge is 0.216 e. The predicted molar refractivity (Wildman–Crippen MR) is 194 cm³/mol. The first-order valence-electron chi connectivity index (χ1n) is 16.7. The van der Waals surface area contributed by atoms with Crippen molar-refractivity contribution in [3.63, 3.8) is 0 Å². The van der Waals surface area contributed by atoms with Gasteiger partial charge in [0.25, 0.3) is 0 Å². The van der Waals surface area contributed by atoms with Crippen LogP contribution < -0.4 is 5.19 Å². The van der Waals surface area contributed by atoms with Crippen molar-refractivity contribution in [2.24, 2.45) is 5.92 Å². The summed E-state index contributed by atoms with van der Waals surface area (Å²) in [6, 6.07) is 29.3. The first-order chi connectivity index (χ1) is 22.0. The maximum atomic E-state index is 6.08. The van der Waals surface area contributed by atoms with E-state index in [1.807, 2.05) is 48.7 Å². The van der Waals surface area contributed by atoms with Crippen LogP contribution in [0.5, 0.6) is 0 Å². The minimum Gasteiger partial charge on any atom is -0.486 e. The van der Waals surface area contributed by atoms with Crippen molar-refractivity contribution in [2.45, 2.75) is 84.4 Å². The molecule has 1 aliphatic carbocycles. The molecule has 0 spiro atoms. The van der Waals surface area contributed by atoms with Crippen LogP contribution in [0.3, 0.4) is 0 Å². The Hall–Kier alpha value is -3.44. The van der Waals surface area contributed by atoms with Gasteiger partial charge in [0, 0.05) is 44.1 Å². The van der Waals surface area contributed by atoms with Gasteiger partial charge in [-0.1, -0.05) is 88.8 Å². The van der Waals surface area contributed by atoms with Crippen LogP contribution in [0.25, 0.3) is 44.6 Å². The third kappa shape index (κ3) is 7.35. The first kappa shape index (κ1) is 34.9. The molecule has 6 heteroatoms. The molecule has 4 heterocycles. The molecule has 0 saturated heterocycles. The number of hydrogen-bond acceptors (Lipinski definition) is 4. The molecule has 1 saturated carbocycles. The minimum absolute atomic E-state index is 0. The van der Waals surface area contributed by atoms with E-state index in [0.29, 0.717) is 11.6 Å². The molecule has 7 rings (SSSR count). The van der Waals surface area contributed by atoms with Crippen LogP contribution in [-0.4, -0.2) is 23.0 Å². The van der Waals surface area contributed by atoms with E-state index in [-0.39, 0.29) is 25.5 Å². The molecule has 6 aromatic rings. The van der Waals surface area contributed by atoms with E-state index in [1.165, 1.54) is 42.0 Å². The summed E-state index contributed by atoms with van der Waals surface area (Å²) in [5.74, 6) is 1.27. The van der Waals surface area contributed by atoms with Crippen LogP contribution in [0.4, 0.5) is 0 Å². The predicted octanol–water partition coefficient (Wildman–Crippen LogP) is 10.5. The quantitative estimate of drug-likeness (QED) is 0.124. The number of fused-ring (bicyclic) bond motifs is 3. The summed E-state index contributed by atoms with van der Waals surface area (Å²) in [5.41, 5.74) is 8.36. The van der Waals surface area contributed by atoms with E-state index >= 15 is 0 Å². The van der Waals surface area contributed by atoms with Crippen molar-refractivity contribution in [1.82, 2.24) is 15.0 Å². The molecule has 0 N–H and O–H groups in total. The molecule has 0 aliphatic heterocycles. The van der Waals surface area contributed by atoms with Crippen molar-refractivity contribution < 1.29 is 24.5 Å². The van der Waals surface area contributed by atoms with Crippen molar-refractivity contribution in [3.05, 3.63) is 109 Å². The van der Waals surface area contributed by atoms with Crippen LogP contribution in [0.15, 0.2) is 89.7 Å². The van der Waals surface area contributed by atoms with Crippen LogP contribution in [0, 0.1) is 18.1 Å². The number of rotatable bonds is 6. The maximum absolute atomic E-state index is 6.08. The molecule has 0 bridgehead atoms. The van der Waals surface area contributed by atoms with Gasteiger partial charge in [0.2, 0.25) is 5.71 Å². The molecular weight excluding hydrogens is 771 g/mol. The normalized spacial score (nSPS) is 13.9. The van der Waals surface area contributed by atoms with Crippen LogP contribution in [0.2, 0.25) is 19.6 Å². The molecule has 2 aromatic carbocycles. The number of benzene rings is 2. The van der Waals surface area contributed by atoms with E-state index in [1.54, 1.807) is 6.20 Å². The number of pyridine rings is 3. The topological polar surface area (TPSA) is 51.8 Å². The van der Waals surface area contributed by atoms with Gasteiger partial charge in [-0.3, -0.25) is 0 Å². The number of furan rings is 1. The number of aromatic nitrogens is 3. The molecule has 1 fully saturated rings. The van der Waals surface area contributed by atoms with Crippen molar-refractivity contribution in [3.8, 4) is 22.5 Å². The van der Waals surface area contributed by atoms with Gasteiger partial charge in [-0.2, -0.15) is 0 Å². The summed E-state index contributed by atoms with van der Waals surface area (Å²) in [6.45, 7) is 16.4. The van der Waals surface area contributed by atoms with Gasteiger partial charge >= 0.3 is 0 Å². The Morgan fingerprint density at radius 3 is 2.32 bits per heavy atom. The maximum Gasteiger partial charge on any atom is 0.216 e. The van der Waals surface area contributed by atoms with Crippen molar-refractivity contribution in [2.75, 3.05) is 0 Å². The summed E-state index contributed by atoms with van der Waals surface area (Å²) in [7, 11) is -1.34. The number of hydrogen-bond donors (Lipinski definition) is 0. The average molecular weight is 816 g/mol. The van der Waals surface area contributed by atoms with Gasteiger partial charge in [0.1, 0.15) is 0 Å². The molecule has 4 aromatic heterocycles. The Kier molecular flexibility index (Phi) is 10.7. The third-order valence-corrected chi connectivity index (χ3v) is 11.7. The van der Waals surface area contributed by atoms with Crippen LogP contribution in [-0.2, 0) is 25.5 Å². The fraction of sp³-hybridized carbons (Fsp3) is 0.341. The van der Waals surface area contributed by atoms with Gasteiger partial charge in [-0.25, -0.2) is 4.98 Å². The molecule has 4 nitrogen and oxygen atoms in total. The van der Waals surface area contributed by atoms with Crippen molar-refractivity contribution in [1.29, 1.82) is 0 Å². The van der Waals surface area contributed by atoms with Gasteiger partial charge in [0.05, 0.1) is 13.7 Å². The molecule has 47 heavy (non-hydrogen) atoms. The SMILES string of the molecule is CC(C)(c1ccnc(-c2[c-]ccc3c2oc2ncccc23)c1)C1CCCC1.CC(C)c1cc(-c2[c-]cccc2)ncc1[Si](C)(C)C.[Ir]. The fourth-order valence-corrected chi connectivity index (χ4v) is 8.57. The molecule has 0 atom stereocenters. The Morgan fingerprint density at radius 2 is 1.62 bits per heavy atom. The van der Waals surface area contributed by atoms with Gasteiger partial charge in [0.15, 0.2) is 0 Å². The summed E-state index contributed by atoms with van der Waals surface area (Å²) in [4.78, 5) is 13.7. The third-order valence-electron chi connectivity index (χ3n) is 9.70. The number of nitrogens with zero attached hydrogens (tertiary/aromatic N) is 3. The van der Waals surface area contributed by atoms with E-state index in [0.717, 1.165) is 44.8 Å². The van der Waals surface area contributed by atoms with Gasteiger partial charge < -0.3 is 14.4 Å². The zero-order valence-electron chi connectivity index (χ0n) is 28.6. The van der Waals surface area contributed by atoms with Crippen LogP contribution >= 0.6 is 0 Å². The second-order valence-electron chi connectivity index (χ2n) is 14.5. The van der Waals surface area contributed by atoms with E-state index in [2.05, 4.69) is 105 Å². The van der Waals surface area contributed by atoms with Gasteiger partial charge in [-0.05, 0) is 70.4 Å². The Labute approximate surface area is 294 Å². The molecule has 245 valence electrons. The molecule has 1 radical (unpaired) electrons. The van der Waals surface area contributed by atoms with E-state index < -0.39 is 8.07 Å². The summed E-state index contributed by atoms with van der Waals surface area (Å²) in [6.07, 6.45) is 11.1. The Balaban J connectivity index is 0.000000192. The summed E-state index contributed by atoms with van der Waals surface area (Å²) >= 11 is 0. The zero-order valence-corrected chi connectivity index (χ0v) is 32.0. The summed E-state index contributed by atoms with van der Waals surface area (Å²) < 4.78 is 6.08. The monoisotopic (exact) mass is 816 g/mol. The Bertz CT molecular complexity index is 1950. The van der Waals surface area contributed by atoms with Gasteiger partial charge in [-0.15, -0.1) is 54.1 Å². The minimum atomic E-state index is -1.34. The largest absolute Gasteiger partial charge is 0.486 e. The summed E-state index contributed by atoms with van der Waals surface area (Å²) in [5, 5.41) is 3.57. The fourth-order valence-electron chi connectivity index (χ4n) is 6.89. The van der Waals surface area contributed by atoms with Crippen LogP contribution in [0.1, 0.15) is 70.4 Å². The molecule has 0 amide bonds. The average Bonchev–Trinajstić information content (AvgIpc) is 3.74. The van der Waals surface area contributed by atoms with E-state index in [9.17, 15) is 0 Å². The first-order valence-corrected chi connectivity index (χ1v) is 20.2. The molecule has 1 aliphatic rings. The second kappa shape index (κ2) is 14.4. The standard InChI is InChI=1S/C24H23N2O.C17H22NSi.Ir/c1-24(2,16-7-3-4-8-16)17-12-14-25-21(15-17)20-10-5-9-18-19-11-6-13-26-23(19)27-22(18)20;1-13(2)15-11-16(14-9-7-6-8-10-14)18-12-17(15)19(3,4)5;/h5-6,9,11-16H,3-4,7-8H2,1-2H3;6-9,11-13H,1-5H3;/q2*-1;. The van der Waals surface area contributed by atoms with E-state index in [4.69, 9.17) is 4.42 Å². The van der Waals surface area contributed by atoms with Crippen molar-refractivity contribution >= 4 is 35.3 Å². The Morgan fingerprint density at radius 1 is 0.830 bits per heavy atom. The zero-order chi connectivity index (χ0) is 32.5. The second-order valence-corrected chi connectivity index (χ2v) is 19.6. The molecule has 0 unspecified atom stereocenters.